The summed E-state index contributed by atoms with van der Waals surface area (Å²) < 4.78 is 31.1. The molecule has 5 nitrogen and oxygen atoms in total. The Morgan fingerprint density at radius 1 is 1.08 bits per heavy atom. The molecular formula is C18H22NO4P. The van der Waals surface area contributed by atoms with Crippen LogP contribution in [0.4, 0.5) is 0 Å². The van der Waals surface area contributed by atoms with E-state index in [0.29, 0.717) is 28.4 Å². The average molecular weight is 347 g/mol. The number of aromatic nitrogens is 1. The molecule has 0 aliphatic carbocycles. The normalized spacial score (nSPS) is 22.6. The van der Waals surface area contributed by atoms with Gasteiger partial charge in [0.1, 0.15) is 11.5 Å². The number of fused-ring (bicyclic) bond motifs is 1. The van der Waals surface area contributed by atoms with Crippen molar-refractivity contribution in [3.63, 3.8) is 0 Å². The molecule has 3 rings (SSSR count). The molecule has 24 heavy (non-hydrogen) atoms. The van der Waals surface area contributed by atoms with Gasteiger partial charge < -0.3 is 18.8 Å². The lowest BCUT2D eigenvalue weighted by Crippen LogP contribution is -2.25. The molecule has 0 bridgehead atoms. The van der Waals surface area contributed by atoms with E-state index in [0.717, 1.165) is 0 Å². The van der Waals surface area contributed by atoms with Gasteiger partial charge in [-0.3, -0.25) is 0 Å². The first-order chi connectivity index (χ1) is 11.3. The third kappa shape index (κ3) is 2.39. The van der Waals surface area contributed by atoms with Crippen molar-refractivity contribution in [1.29, 1.82) is 0 Å². The summed E-state index contributed by atoms with van der Waals surface area (Å²) in [6.07, 6.45) is 0. The van der Waals surface area contributed by atoms with E-state index in [1.807, 2.05) is 51.1 Å². The molecular weight excluding hydrogens is 325 g/mol. The summed E-state index contributed by atoms with van der Waals surface area (Å²) >= 11 is 0. The average Bonchev–Trinajstić information content (AvgIpc) is 2.89. The second kappa shape index (κ2) is 5.82. The molecule has 0 fully saturated rings. The lowest BCUT2D eigenvalue weighted by atomic mass is 10.2. The van der Waals surface area contributed by atoms with E-state index in [9.17, 15) is 4.57 Å². The highest BCUT2D eigenvalue weighted by atomic mass is 31.2. The van der Waals surface area contributed by atoms with Crippen LogP contribution in [0.5, 0.6) is 17.4 Å². The molecule has 0 saturated heterocycles. The molecule has 0 spiro atoms. The fraction of sp³-hybridized carbons (Fsp3) is 0.389. The van der Waals surface area contributed by atoms with E-state index < -0.39 is 18.1 Å². The quantitative estimate of drug-likeness (QED) is 0.786. The highest BCUT2D eigenvalue weighted by Gasteiger charge is 2.55. The van der Waals surface area contributed by atoms with Gasteiger partial charge >= 0.3 is 0 Å². The molecule has 2 heterocycles. The lowest BCUT2D eigenvalue weighted by molar-refractivity contribution is 0.282. The maximum atomic E-state index is 14.3. The van der Waals surface area contributed by atoms with Crippen LogP contribution in [0.25, 0.3) is 0 Å². The minimum Gasteiger partial charge on any atom is -0.496 e. The Kier molecular flexibility index (Phi) is 4.08. The summed E-state index contributed by atoms with van der Waals surface area (Å²) in [7, 11) is 0.116. The Balaban J connectivity index is 2.24. The van der Waals surface area contributed by atoms with Gasteiger partial charge in [-0.1, -0.05) is 32.9 Å². The van der Waals surface area contributed by atoms with Crippen LogP contribution in [0.15, 0.2) is 36.4 Å². The summed E-state index contributed by atoms with van der Waals surface area (Å²) in [4.78, 5) is 4.46. The van der Waals surface area contributed by atoms with Crippen molar-refractivity contribution in [2.45, 2.75) is 31.8 Å². The van der Waals surface area contributed by atoms with E-state index in [-0.39, 0.29) is 0 Å². The molecule has 2 aromatic rings. The van der Waals surface area contributed by atoms with Crippen LogP contribution in [-0.2, 0) is 4.57 Å². The van der Waals surface area contributed by atoms with Crippen molar-refractivity contribution >= 4 is 12.4 Å². The maximum Gasteiger partial charge on any atom is 0.213 e. The predicted octanol–water partition coefficient (Wildman–Crippen LogP) is 3.98. The molecule has 1 aliphatic rings. The molecule has 1 aromatic heterocycles. The van der Waals surface area contributed by atoms with Gasteiger partial charge in [0, 0.05) is 11.2 Å². The number of ether oxygens (including phenoxy) is 3. The lowest BCUT2D eigenvalue weighted by Gasteiger charge is -2.32. The number of rotatable bonds is 3. The summed E-state index contributed by atoms with van der Waals surface area (Å²) in [5.74, 6) is 1.01. The first-order valence-electron chi connectivity index (χ1n) is 7.78. The zero-order valence-corrected chi connectivity index (χ0v) is 15.5. The van der Waals surface area contributed by atoms with Crippen LogP contribution in [0.2, 0.25) is 0 Å². The molecule has 128 valence electrons. The van der Waals surface area contributed by atoms with Crippen molar-refractivity contribution < 1.29 is 18.8 Å². The molecule has 1 aliphatic heterocycles. The van der Waals surface area contributed by atoms with Gasteiger partial charge in [-0.15, -0.1) is 0 Å². The summed E-state index contributed by atoms with van der Waals surface area (Å²) in [6, 6.07) is 10.9. The third-order valence-electron chi connectivity index (χ3n) is 4.29. The number of hydrogen-bond acceptors (Lipinski definition) is 5. The van der Waals surface area contributed by atoms with Crippen LogP contribution in [0.3, 0.4) is 0 Å². The van der Waals surface area contributed by atoms with Crippen LogP contribution in [0, 0.1) is 0 Å². The maximum absolute atomic E-state index is 14.3. The van der Waals surface area contributed by atoms with Crippen LogP contribution < -0.4 is 19.5 Å². The monoisotopic (exact) mass is 347 g/mol. The zero-order valence-electron chi connectivity index (χ0n) is 14.6. The highest BCUT2D eigenvalue weighted by molar-refractivity contribution is 7.74. The predicted molar refractivity (Wildman–Crippen MR) is 94.1 cm³/mol. The highest BCUT2D eigenvalue weighted by Crippen LogP contribution is 2.72. The summed E-state index contributed by atoms with van der Waals surface area (Å²) in [6.45, 7) is 5.89. The van der Waals surface area contributed by atoms with E-state index in [4.69, 9.17) is 14.2 Å². The van der Waals surface area contributed by atoms with Gasteiger partial charge in [-0.25, -0.2) is 4.98 Å². The number of hydrogen-bond donors (Lipinski definition) is 0. The van der Waals surface area contributed by atoms with Gasteiger partial charge in [0.2, 0.25) is 5.88 Å². The van der Waals surface area contributed by atoms with E-state index >= 15 is 0 Å². The smallest absolute Gasteiger partial charge is 0.213 e. The van der Waals surface area contributed by atoms with Gasteiger partial charge in [-0.2, -0.15) is 0 Å². The number of benzene rings is 1. The first kappa shape index (κ1) is 16.8. The first-order valence-corrected chi connectivity index (χ1v) is 9.55. The molecule has 0 radical (unpaired) electrons. The Hall–Kier alpha value is -2.00. The Bertz CT molecular complexity index is 813. The van der Waals surface area contributed by atoms with Crippen molar-refractivity contribution in [3.8, 4) is 17.4 Å². The SMILES string of the molecule is COc1cccc([C@H]2Oc3cccc(OC)c3[P@]2(=O)C(C)(C)C)n1. The molecule has 0 amide bonds. The van der Waals surface area contributed by atoms with Gasteiger partial charge in [0.25, 0.3) is 0 Å². The van der Waals surface area contributed by atoms with Gasteiger partial charge in [-0.05, 0) is 18.2 Å². The van der Waals surface area contributed by atoms with Crippen molar-refractivity contribution in [2.75, 3.05) is 14.2 Å². The van der Waals surface area contributed by atoms with Crippen molar-refractivity contribution in [3.05, 3.63) is 42.1 Å². The molecule has 1 aromatic carbocycles. The molecule has 0 unspecified atom stereocenters. The van der Waals surface area contributed by atoms with Gasteiger partial charge in [0.15, 0.2) is 13.0 Å². The number of pyridine rings is 1. The van der Waals surface area contributed by atoms with Crippen LogP contribution in [-0.4, -0.2) is 24.4 Å². The van der Waals surface area contributed by atoms with Crippen LogP contribution >= 0.6 is 7.14 Å². The topological polar surface area (TPSA) is 57.7 Å². The summed E-state index contributed by atoms with van der Waals surface area (Å²) in [5, 5.41) is 0.150. The third-order valence-corrected chi connectivity index (χ3v) is 8.42. The second-order valence-corrected chi connectivity index (χ2v) is 10.3. The van der Waals surface area contributed by atoms with E-state index in [1.54, 1.807) is 20.3 Å². The number of methoxy groups -OCH3 is 2. The van der Waals surface area contributed by atoms with Gasteiger partial charge in [0.05, 0.1) is 25.2 Å². The molecule has 0 saturated carbocycles. The minimum atomic E-state index is -3.03. The number of nitrogens with zero attached hydrogens (tertiary/aromatic N) is 1. The fourth-order valence-electron chi connectivity index (χ4n) is 3.02. The minimum absolute atomic E-state index is 0.472. The van der Waals surface area contributed by atoms with E-state index in [2.05, 4.69) is 4.98 Å². The van der Waals surface area contributed by atoms with Crippen molar-refractivity contribution in [1.82, 2.24) is 4.98 Å². The zero-order chi connectivity index (χ0) is 17.5. The molecule has 0 N–H and O–H groups in total. The summed E-state index contributed by atoms with van der Waals surface area (Å²) in [5.41, 5.74) is 0.603. The Morgan fingerprint density at radius 2 is 1.79 bits per heavy atom. The molecule has 6 heteroatoms. The second-order valence-electron chi connectivity index (χ2n) is 6.71. The standard InChI is InChI=1S/C18H22NO4P/c1-18(2,3)24(20)16-13(21-4)9-7-10-14(16)23-17(24)12-8-6-11-15(19-12)22-5/h6-11,17H,1-5H3/t17-,24+/m0/s1. The van der Waals surface area contributed by atoms with E-state index in [1.165, 1.54) is 0 Å². The Morgan fingerprint density at radius 3 is 2.42 bits per heavy atom. The fourth-order valence-corrected chi connectivity index (χ4v) is 6.35. The van der Waals surface area contributed by atoms with Crippen LogP contribution in [0.1, 0.15) is 32.3 Å². The largest absolute Gasteiger partial charge is 0.496 e. The Labute approximate surface area is 142 Å². The molecule has 2 atom stereocenters. The van der Waals surface area contributed by atoms with Crippen molar-refractivity contribution in [2.24, 2.45) is 0 Å².